The summed E-state index contributed by atoms with van der Waals surface area (Å²) < 4.78 is 73.4. The number of carbonyl (C=O) groups excluding carboxylic acids is 1. The third kappa shape index (κ3) is 5.73. The highest BCUT2D eigenvalue weighted by Gasteiger charge is 2.33. The first-order chi connectivity index (χ1) is 15.5. The maximum absolute atomic E-state index is 13.2. The van der Waals surface area contributed by atoms with E-state index < -0.39 is 36.5 Å². The summed E-state index contributed by atoms with van der Waals surface area (Å²) in [5.74, 6) is -0.529. The maximum atomic E-state index is 13.2. The van der Waals surface area contributed by atoms with Crippen molar-refractivity contribution in [2.24, 2.45) is 0 Å². The second-order valence-electron chi connectivity index (χ2n) is 6.49. The number of alkyl halides is 5. The van der Waals surface area contributed by atoms with Crippen LogP contribution in [0.1, 0.15) is 24.3 Å². The van der Waals surface area contributed by atoms with Crippen LogP contribution in [0.2, 0.25) is 5.02 Å². The summed E-state index contributed by atoms with van der Waals surface area (Å²) >= 11 is 5.80. The number of hydrogen-bond acceptors (Lipinski definition) is 6. The summed E-state index contributed by atoms with van der Waals surface area (Å²) in [6.07, 6.45) is -3.18. The first kappa shape index (κ1) is 24.3. The van der Waals surface area contributed by atoms with Crippen molar-refractivity contribution in [3.8, 4) is 5.88 Å². The summed E-state index contributed by atoms with van der Waals surface area (Å²) in [6.45, 7) is -1.57. The number of rotatable bonds is 6. The predicted octanol–water partition coefficient (Wildman–Crippen LogP) is 5.65. The van der Waals surface area contributed by atoms with E-state index in [2.05, 4.69) is 30.3 Å². The van der Waals surface area contributed by atoms with E-state index in [0.29, 0.717) is 0 Å². The number of pyridine rings is 3. The fourth-order valence-electron chi connectivity index (χ4n) is 2.82. The molecule has 2 amide bonds. The second-order valence-corrected chi connectivity index (χ2v) is 6.90. The molecular formula is C19H15ClF5N5O3. The second kappa shape index (κ2) is 9.67. The largest absolute Gasteiger partial charge is 0.433 e. The molecule has 1 atom stereocenters. The van der Waals surface area contributed by atoms with Crippen molar-refractivity contribution in [3.05, 3.63) is 46.9 Å². The molecule has 3 heterocycles. The molecule has 176 valence electrons. The van der Waals surface area contributed by atoms with Crippen molar-refractivity contribution >= 4 is 40.0 Å². The van der Waals surface area contributed by atoms with Gasteiger partial charge in [0.15, 0.2) is 0 Å². The predicted molar refractivity (Wildman–Crippen MR) is 108 cm³/mol. The van der Waals surface area contributed by atoms with Gasteiger partial charge in [-0.05, 0) is 25.1 Å². The molecule has 3 aromatic heterocycles. The number of nitrogens with zero attached hydrogens (tertiary/aromatic N) is 3. The molecule has 0 aliphatic rings. The van der Waals surface area contributed by atoms with Gasteiger partial charge in [0.25, 0.3) is 0 Å². The lowest BCUT2D eigenvalue weighted by molar-refractivity contribution is -0.141. The van der Waals surface area contributed by atoms with Crippen LogP contribution < -0.4 is 15.4 Å². The van der Waals surface area contributed by atoms with Gasteiger partial charge in [-0.2, -0.15) is 22.0 Å². The van der Waals surface area contributed by atoms with Crippen LogP contribution in [-0.4, -0.2) is 34.7 Å². The van der Waals surface area contributed by atoms with E-state index in [-0.39, 0.29) is 33.0 Å². The molecular weight excluding hydrogens is 477 g/mol. The Hall–Kier alpha value is -3.32. The zero-order valence-electron chi connectivity index (χ0n) is 16.9. The van der Waals surface area contributed by atoms with Crippen molar-refractivity contribution in [1.29, 1.82) is 0 Å². The van der Waals surface area contributed by atoms with Gasteiger partial charge in [-0.25, -0.2) is 14.8 Å². The zero-order valence-corrected chi connectivity index (χ0v) is 17.6. The minimum Gasteiger partial charge on any atom is -0.415 e. The molecule has 0 fully saturated rings. The SMILES string of the molecule is COC(C)c1c(NC(=O)Nc2cnc(OC(F)F)c(Cl)c2)cnc2ccc(C(F)(F)F)nc12. The van der Waals surface area contributed by atoms with Gasteiger partial charge in [0.05, 0.1) is 40.9 Å². The Morgan fingerprint density at radius 1 is 1.15 bits per heavy atom. The molecule has 3 rings (SSSR count). The van der Waals surface area contributed by atoms with Crippen LogP contribution in [0.3, 0.4) is 0 Å². The Kier molecular flexibility index (Phi) is 7.12. The van der Waals surface area contributed by atoms with Crippen LogP contribution in [0.4, 0.5) is 38.1 Å². The van der Waals surface area contributed by atoms with Gasteiger partial charge in [0.1, 0.15) is 10.7 Å². The number of nitrogens with one attached hydrogen (secondary N) is 2. The van der Waals surface area contributed by atoms with Crippen molar-refractivity contribution in [1.82, 2.24) is 15.0 Å². The van der Waals surface area contributed by atoms with Gasteiger partial charge >= 0.3 is 18.8 Å². The van der Waals surface area contributed by atoms with Crippen LogP contribution in [0.15, 0.2) is 30.6 Å². The first-order valence-electron chi connectivity index (χ1n) is 9.07. The molecule has 0 saturated carbocycles. The van der Waals surface area contributed by atoms with Gasteiger partial charge < -0.3 is 20.1 Å². The third-order valence-electron chi connectivity index (χ3n) is 4.32. The number of carbonyl (C=O) groups is 1. The van der Waals surface area contributed by atoms with Gasteiger partial charge in [0, 0.05) is 12.7 Å². The molecule has 3 aromatic rings. The maximum Gasteiger partial charge on any atom is 0.433 e. The Labute approximate surface area is 188 Å². The smallest absolute Gasteiger partial charge is 0.415 e. The fourth-order valence-corrected chi connectivity index (χ4v) is 3.03. The van der Waals surface area contributed by atoms with Crippen LogP contribution in [0.5, 0.6) is 5.88 Å². The molecule has 0 bridgehead atoms. The molecule has 14 heteroatoms. The molecule has 0 saturated heterocycles. The Morgan fingerprint density at radius 3 is 2.48 bits per heavy atom. The monoisotopic (exact) mass is 491 g/mol. The molecule has 2 N–H and O–H groups in total. The van der Waals surface area contributed by atoms with Crippen molar-refractivity contribution in [3.63, 3.8) is 0 Å². The lowest BCUT2D eigenvalue weighted by Crippen LogP contribution is -2.21. The van der Waals surface area contributed by atoms with Gasteiger partial charge in [-0.3, -0.25) is 4.98 Å². The van der Waals surface area contributed by atoms with Crippen molar-refractivity contribution in [2.45, 2.75) is 25.8 Å². The van der Waals surface area contributed by atoms with E-state index in [1.165, 1.54) is 13.3 Å². The van der Waals surface area contributed by atoms with E-state index >= 15 is 0 Å². The number of urea groups is 1. The molecule has 0 aromatic carbocycles. The van der Waals surface area contributed by atoms with E-state index in [1.807, 2.05) is 0 Å². The molecule has 33 heavy (non-hydrogen) atoms. The average Bonchev–Trinajstić information content (AvgIpc) is 2.73. The number of fused-ring (bicyclic) bond motifs is 1. The highest BCUT2D eigenvalue weighted by atomic mass is 35.5. The number of methoxy groups -OCH3 is 1. The fraction of sp³-hybridized carbons (Fsp3) is 0.263. The lowest BCUT2D eigenvalue weighted by atomic mass is 10.1. The Balaban J connectivity index is 1.91. The van der Waals surface area contributed by atoms with Crippen molar-refractivity contribution < 1.29 is 36.2 Å². The van der Waals surface area contributed by atoms with Crippen LogP contribution in [0.25, 0.3) is 11.0 Å². The number of anilines is 2. The highest BCUT2D eigenvalue weighted by Crippen LogP contribution is 2.34. The summed E-state index contributed by atoms with van der Waals surface area (Å²) in [5.41, 5.74) is -0.825. The number of hydrogen-bond donors (Lipinski definition) is 2. The van der Waals surface area contributed by atoms with Gasteiger partial charge in [0.2, 0.25) is 5.88 Å². The topological polar surface area (TPSA) is 98.3 Å². The molecule has 0 radical (unpaired) electrons. The minimum atomic E-state index is -4.69. The quantitative estimate of drug-likeness (QED) is 0.432. The summed E-state index contributed by atoms with van der Waals surface area (Å²) in [6, 6.07) is 2.25. The standard InChI is InChI=1S/C19H15ClF5N5O3/c1-8(32-2)14-12(7-26-11-3-4-13(19(23,24)25)30-15(11)14)29-18(31)28-9-5-10(20)16(27-6-9)33-17(21)22/h3-8,17H,1-2H3,(H2,28,29,31). The van der Waals surface area contributed by atoms with E-state index in [4.69, 9.17) is 16.3 Å². The molecule has 0 aliphatic carbocycles. The zero-order chi connectivity index (χ0) is 24.3. The van der Waals surface area contributed by atoms with E-state index in [9.17, 15) is 26.7 Å². The highest BCUT2D eigenvalue weighted by molar-refractivity contribution is 6.32. The average molecular weight is 492 g/mol. The number of aromatic nitrogens is 3. The van der Waals surface area contributed by atoms with E-state index in [0.717, 1.165) is 24.4 Å². The Bertz CT molecular complexity index is 1180. The van der Waals surface area contributed by atoms with Crippen LogP contribution in [-0.2, 0) is 10.9 Å². The summed E-state index contributed by atoms with van der Waals surface area (Å²) in [4.78, 5) is 23.8. The molecule has 0 aliphatic heterocycles. The molecule has 0 spiro atoms. The lowest BCUT2D eigenvalue weighted by Gasteiger charge is -2.18. The third-order valence-corrected chi connectivity index (χ3v) is 4.59. The summed E-state index contributed by atoms with van der Waals surface area (Å²) in [7, 11) is 1.34. The van der Waals surface area contributed by atoms with Crippen LogP contribution in [0, 0.1) is 0 Å². The number of ether oxygens (including phenoxy) is 2. The van der Waals surface area contributed by atoms with E-state index in [1.54, 1.807) is 6.92 Å². The first-order valence-corrected chi connectivity index (χ1v) is 9.45. The normalized spacial score (nSPS) is 12.6. The summed E-state index contributed by atoms with van der Waals surface area (Å²) in [5, 5.41) is 4.55. The van der Waals surface area contributed by atoms with Gasteiger partial charge in [-0.1, -0.05) is 11.6 Å². The molecule has 8 nitrogen and oxygen atoms in total. The number of amides is 2. The van der Waals surface area contributed by atoms with Gasteiger partial charge in [-0.15, -0.1) is 0 Å². The van der Waals surface area contributed by atoms with Crippen LogP contribution >= 0.6 is 11.6 Å². The van der Waals surface area contributed by atoms with Crippen molar-refractivity contribution in [2.75, 3.05) is 17.7 Å². The molecule has 1 unspecified atom stereocenters. The number of halogens is 6. The minimum absolute atomic E-state index is 0.0340. The Morgan fingerprint density at radius 2 is 1.88 bits per heavy atom.